The van der Waals surface area contributed by atoms with Crippen molar-refractivity contribution in [2.45, 2.75) is 13.5 Å². The normalized spacial score (nSPS) is 16.8. The lowest BCUT2D eigenvalue weighted by Gasteiger charge is -2.47. The predicted octanol–water partition coefficient (Wildman–Crippen LogP) is 0.395. The van der Waals surface area contributed by atoms with Crippen LogP contribution in [0.1, 0.15) is 12.5 Å². The molecule has 1 saturated heterocycles. The van der Waals surface area contributed by atoms with Crippen molar-refractivity contribution < 1.29 is 19.4 Å². The number of ether oxygens (including phenoxy) is 1. The van der Waals surface area contributed by atoms with Gasteiger partial charge in [0.15, 0.2) is 0 Å². The minimum absolute atomic E-state index is 0.142. The fraction of sp³-hybridized carbons (Fsp3) is 0.385. The van der Waals surface area contributed by atoms with Gasteiger partial charge < -0.3 is 19.5 Å². The molecule has 0 atom stereocenters. The summed E-state index contributed by atoms with van der Waals surface area (Å²) in [6.07, 6.45) is -0.488. The SMILES string of the molecule is CC1(C(=O)[O-])CN(C(=O)OCc2ccccc2)C1. The van der Waals surface area contributed by atoms with Crippen molar-refractivity contribution in [3.63, 3.8) is 0 Å². The number of benzene rings is 1. The molecule has 0 saturated carbocycles. The minimum atomic E-state index is -1.13. The van der Waals surface area contributed by atoms with Crippen molar-refractivity contribution in [2.24, 2.45) is 5.41 Å². The molecule has 5 nitrogen and oxygen atoms in total. The smallest absolute Gasteiger partial charge is 0.410 e. The Hall–Kier alpha value is -2.04. The molecule has 18 heavy (non-hydrogen) atoms. The number of hydrogen-bond donors (Lipinski definition) is 0. The molecule has 1 amide bonds. The summed E-state index contributed by atoms with van der Waals surface area (Å²) >= 11 is 0. The first-order valence-electron chi connectivity index (χ1n) is 5.68. The molecule has 0 radical (unpaired) electrons. The number of carboxylic acids is 1. The summed E-state index contributed by atoms with van der Waals surface area (Å²) < 4.78 is 5.08. The number of amides is 1. The summed E-state index contributed by atoms with van der Waals surface area (Å²) in [5.41, 5.74) is -0.0415. The van der Waals surface area contributed by atoms with Crippen LogP contribution >= 0.6 is 0 Å². The quantitative estimate of drug-likeness (QED) is 0.776. The first-order chi connectivity index (χ1) is 8.51. The number of hydrogen-bond acceptors (Lipinski definition) is 4. The van der Waals surface area contributed by atoms with Crippen molar-refractivity contribution in [1.82, 2.24) is 4.90 Å². The molecule has 0 spiro atoms. The van der Waals surface area contributed by atoms with Gasteiger partial charge >= 0.3 is 6.09 Å². The second kappa shape index (κ2) is 4.68. The lowest BCUT2D eigenvalue weighted by atomic mass is 9.82. The van der Waals surface area contributed by atoms with Crippen LogP contribution in [-0.4, -0.2) is 30.1 Å². The van der Waals surface area contributed by atoms with Crippen LogP contribution in [0.15, 0.2) is 30.3 Å². The summed E-state index contributed by atoms with van der Waals surface area (Å²) in [6.45, 7) is 2.04. The van der Waals surface area contributed by atoms with Crippen LogP contribution in [0.4, 0.5) is 4.79 Å². The number of nitrogens with zero attached hydrogens (tertiary/aromatic N) is 1. The van der Waals surface area contributed by atoms with Crippen molar-refractivity contribution >= 4 is 12.1 Å². The molecule has 0 unspecified atom stereocenters. The molecular formula is C13H14NO4-. The zero-order chi connectivity index (χ0) is 13.2. The maximum atomic E-state index is 11.6. The topological polar surface area (TPSA) is 69.7 Å². The number of aliphatic carboxylic acids is 1. The second-order valence-corrected chi connectivity index (χ2v) is 4.74. The van der Waals surface area contributed by atoms with Crippen LogP contribution in [0.2, 0.25) is 0 Å². The zero-order valence-electron chi connectivity index (χ0n) is 10.1. The highest BCUT2D eigenvalue weighted by molar-refractivity contribution is 5.78. The number of rotatable bonds is 3. The molecule has 1 aliphatic heterocycles. The Morgan fingerprint density at radius 2 is 1.94 bits per heavy atom. The molecule has 1 heterocycles. The van der Waals surface area contributed by atoms with Crippen LogP contribution < -0.4 is 5.11 Å². The van der Waals surface area contributed by atoms with Crippen LogP contribution in [0.5, 0.6) is 0 Å². The van der Waals surface area contributed by atoms with Crippen LogP contribution in [-0.2, 0) is 16.1 Å². The van der Waals surface area contributed by atoms with Gasteiger partial charge in [0.25, 0.3) is 0 Å². The maximum Gasteiger partial charge on any atom is 0.410 e. The summed E-state index contributed by atoms with van der Waals surface area (Å²) in [6, 6.07) is 9.31. The van der Waals surface area contributed by atoms with Gasteiger partial charge in [-0.15, -0.1) is 0 Å². The van der Waals surface area contributed by atoms with E-state index < -0.39 is 17.5 Å². The Morgan fingerprint density at radius 1 is 1.33 bits per heavy atom. The van der Waals surface area contributed by atoms with Gasteiger partial charge in [-0.3, -0.25) is 0 Å². The van der Waals surface area contributed by atoms with Crippen molar-refractivity contribution in [3.8, 4) is 0 Å². The molecule has 96 valence electrons. The van der Waals surface area contributed by atoms with Crippen LogP contribution in [0, 0.1) is 5.41 Å². The summed E-state index contributed by atoms with van der Waals surface area (Å²) in [4.78, 5) is 23.7. The third-order valence-corrected chi connectivity index (χ3v) is 3.04. The van der Waals surface area contributed by atoms with Gasteiger partial charge in [0, 0.05) is 18.5 Å². The Balaban J connectivity index is 1.80. The fourth-order valence-corrected chi connectivity index (χ4v) is 1.86. The van der Waals surface area contributed by atoms with E-state index in [1.54, 1.807) is 6.92 Å². The molecule has 1 aliphatic rings. The summed E-state index contributed by atoms with van der Waals surface area (Å²) in [7, 11) is 0. The summed E-state index contributed by atoms with van der Waals surface area (Å²) in [5, 5.41) is 10.8. The zero-order valence-corrected chi connectivity index (χ0v) is 10.1. The molecule has 1 aromatic rings. The molecular weight excluding hydrogens is 234 g/mol. The third-order valence-electron chi connectivity index (χ3n) is 3.04. The van der Waals surface area contributed by atoms with E-state index in [2.05, 4.69) is 0 Å². The Bertz CT molecular complexity index is 451. The Kier molecular flexibility index (Phi) is 3.23. The molecule has 1 fully saturated rings. The maximum absolute atomic E-state index is 11.6. The van der Waals surface area contributed by atoms with E-state index >= 15 is 0 Å². The van der Waals surface area contributed by atoms with Crippen LogP contribution in [0.25, 0.3) is 0 Å². The van der Waals surface area contributed by atoms with E-state index in [-0.39, 0.29) is 19.7 Å². The molecule has 1 aromatic carbocycles. The first kappa shape index (κ1) is 12.4. The van der Waals surface area contributed by atoms with Crippen molar-refractivity contribution in [2.75, 3.05) is 13.1 Å². The molecule has 2 rings (SSSR count). The number of carboxylic acid groups (broad SMARTS) is 1. The highest BCUT2D eigenvalue weighted by Gasteiger charge is 2.43. The van der Waals surface area contributed by atoms with Gasteiger partial charge in [0.1, 0.15) is 6.61 Å². The van der Waals surface area contributed by atoms with E-state index in [1.165, 1.54) is 4.90 Å². The van der Waals surface area contributed by atoms with Gasteiger partial charge in [0.2, 0.25) is 0 Å². The van der Waals surface area contributed by atoms with Gasteiger partial charge in [-0.05, 0) is 5.56 Å². The third kappa shape index (κ3) is 2.45. The van der Waals surface area contributed by atoms with Gasteiger partial charge in [-0.2, -0.15) is 0 Å². The van der Waals surface area contributed by atoms with Crippen molar-refractivity contribution in [3.05, 3.63) is 35.9 Å². The van der Waals surface area contributed by atoms with E-state index in [1.807, 2.05) is 30.3 Å². The van der Waals surface area contributed by atoms with E-state index in [4.69, 9.17) is 4.74 Å². The average Bonchev–Trinajstić information content (AvgIpc) is 2.33. The number of carbonyl (C=O) groups is 2. The van der Waals surface area contributed by atoms with Gasteiger partial charge in [0.05, 0.1) is 5.97 Å². The van der Waals surface area contributed by atoms with E-state index in [9.17, 15) is 14.7 Å². The fourth-order valence-electron chi connectivity index (χ4n) is 1.86. The minimum Gasteiger partial charge on any atom is -0.549 e. The van der Waals surface area contributed by atoms with Gasteiger partial charge in [-0.25, -0.2) is 4.79 Å². The molecule has 0 bridgehead atoms. The highest BCUT2D eigenvalue weighted by Crippen LogP contribution is 2.29. The Labute approximate surface area is 105 Å². The highest BCUT2D eigenvalue weighted by atomic mass is 16.6. The lowest BCUT2D eigenvalue weighted by Crippen LogP contribution is -2.64. The molecule has 0 aromatic heterocycles. The number of carbonyl (C=O) groups excluding carboxylic acids is 2. The van der Waals surface area contributed by atoms with E-state index in [0.29, 0.717) is 0 Å². The molecule has 0 aliphatic carbocycles. The number of likely N-dealkylation sites (tertiary alicyclic amines) is 1. The van der Waals surface area contributed by atoms with Gasteiger partial charge in [-0.1, -0.05) is 37.3 Å². The van der Waals surface area contributed by atoms with E-state index in [0.717, 1.165) is 5.56 Å². The standard InChI is InChI=1S/C13H15NO4/c1-13(11(15)16)8-14(9-13)12(17)18-7-10-5-3-2-4-6-10/h2-6H,7-9H2,1H3,(H,15,16)/p-1. The monoisotopic (exact) mass is 248 g/mol. The second-order valence-electron chi connectivity index (χ2n) is 4.74. The molecule has 5 heteroatoms. The average molecular weight is 248 g/mol. The first-order valence-corrected chi connectivity index (χ1v) is 5.68. The van der Waals surface area contributed by atoms with Crippen LogP contribution in [0.3, 0.4) is 0 Å². The largest absolute Gasteiger partial charge is 0.549 e. The predicted molar refractivity (Wildman–Crippen MR) is 61.3 cm³/mol. The summed E-state index contributed by atoms with van der Waals surface area (Å²) in [5.74, 6) is -1.13. The molecule has 0 N–H and O–H groups in total. The lowest BCUT2D eigenvalue weighted by molar-refractivity contribution is -0.323. The van der Waals surface area contributed by atoms with Crippen molar-refractivity contribution in [1.29, 1.82) is 0 Å². The Morgan fingerprint density at radius 3 is 2.50 bits per heavy atom.